The molecule has 0 unspecified atom stereocenters. The summed E-state index contributed by atoms with van der Waals surface area (Å²) in [7, 11) is 0.710. The predicted molar refractivity (Wildman–Crippen MR) is 261 cm³/mol. The molecule has 3 saturated heterocycles. The summed E-state index contributed by atoms with van der Waals surface area (Å²) in [6, 6.07) is 18.4. The zero-order valence-corrected chi connectivity index (χ0v) is 42.9. The van der Waals surface area contributed by atoms with Gasteiger partial charge in [0.2, 0.25) is 25.0 Å². The molecule has 0 spiro atoms. The summed E-state index contributed by atoms with van der Waals surface area (Å²) in [6.07, 6.45) is 1.74. The minimum atomic E-state index is -3.84. The predicted octanol–water partition coefficient (Wildman–Crippen LogP) is 3.67. The van der Waals surface area contributed by atoms with Gasteiger partial charge in [-0.1, -0.05) is 13.0 Å². The van der Waals surface area contributed by atoms with Gasteiger partial charge in [0.05, 0.1) is 21.8 Å². The van der Waals surface area contributed by atoms with Crippen molar-refractivity contribution in [2.75, 3.05) is 70.5 Å². The zero-order valence-electron chi connectivity index (χ0n) is 33.3. The SMILES string of the molecule is CN(C=O)C(=S)[S-].CN(C=O)C(=S)[S-].CN(C=O)C(=S)[S-].O=C(Nc1ccc(S(=O)(=O)Nc2ccc(N=Nc3ccc4nc([S-])sc4c3)cc2)cc1)C(N1CC1)(N1CC1)N1CC1.[Pt+4]. The molecule has 63 heavy (non-hydrogen) atoms. The van der Waals surface area contributed by atoms with Gasteiger partial charge in [0.15, 0.2) is 0 Å². The van der Waals surface area contributed by atoms with E-state index in [1.54, 1.807) is 36.4 Å². The second-order valence-corrected chi connectivity index (χ2v) is 19.5. The number of carbonyl (C=O) groups is 4. The van der Waals surface area contributed by atoms with Gasteiger partial charge in [-0.25, -0.2) is 8.42 Å². The van der Waals surface area contributed by atoms with Gasteiger partial charge in [-0.05, 0) is 75.8 Å². The number of azo groups is 1. The number of thiazole rings is 1. The van der Waals surface area contributed by atoms with Gasteiger partial charge in [-0.15, -0.1) is 0 Å². The zero-order chi connectivity index (χ0) is 45.8. The Kier molecular flexibility index (Phi) is 21.1. The second-order valence-electron chi connectivity index (χ2n) is 13.0. The van der Waals surface area contributed by atoms with Crippen LogP contribution in [-0.4, -0.2) is 147 Å². The molecule has 2 N–H and O–H groups in total. The van der Waals surface area contributed by atoms with Crippen LogP contribution < -0.4 is 10.0 Å². The molecular formula is C36H37N11O6PtS9. The van der Waals surface area contributed by atoms with E-state index < -0.39 is 15.8 Å². The number of aromatic nitrogens is 1. The molecular weight excluding hydrogens is 1170 g/mol. The molecule has 17 nitrogen and oxygen atoms in total. The van der Waals surface area contributed by atoms with Crippen molar-refractivity contribution in [3.8, 4) is 0 Å². The van der Waals surface area contributed by atoms with Gasteiger partial charge in [0.1, 0.15) is 0 Å². The largest absolute Gasteiger partial charge is 4.00 e. The normalized spacial score (nSPS) is 14.0. The van der Waals surface area contributed by atoms with E-state index in [4.69, 9.17) is 12.6 Å². The smallest absolute Gasteiger partial charge is 0.411 e. The van der Waals surface area contributed by atoms with E-state index >= 15 is 0 Å². The summed E-state index contributed by atoms with van der Waals surface area (Å²) >= 11 is 33.1. The summed E-state index contributed by atoms with van der Waals surface area (Å²) in [6.45, 7) is 5.38. The van der Waals surface area contributed by atoms with Crippen LogP contribution in [0.2, 0.25) is 0 Å². The average Bonchev–Trinajstić information content (AvgIpc) is 4.10. The molecule has 4 heterocycles. The summed E-state index contributed by atoms with van der Waals surface area (Å²) in [5, 5.41) is 11.5. The standard InChI is InChI=1S/C27H26N8O3S3.3C3H5NOS2.Pt/c36-25(27(33-11-12-33,34-13-14-34)35-15-16-35)28-18-5-8-22(9-6-18)41(37,38)32-20-3-1-19(2-4-20)30-31-21-7-10-23-24(17-21)40-26(39)29-23;3*1-4(2-5)3(6)7;/h1-10,17,32H,11-16H2,(H,28,36)(H,29,39);3*2H,1H3,(H,6,7);/q;;;;+4/p-4. The number of hydrogen-bond acceptors (Lipinski definition) is 20. The fourth-order valence-corrected chi connectivity index (χ4v) is 7.47. The Labute approximate surface area is 421 Å². The van der Waals surface area contributed by atoms with Crippen LogP contribution in [0.5, 0.6) is 0 Å². The molecule has 0 radical (unpaired) electrons. The first-order chi connectivity index (χ1) is 29.3. The van der Waals surface area contributed by atoms with Gasteiger partial charge < -0.3 is 119 Å². The molecule has 0 saturated carbocycles. The fourth-order valence-electron chi connectivity index (χ4n) is 5.06. The summed E-state index contributed by atoms with van der Waals surface area (Å²) < 4.78 is 30.7. The number of nitrogens with one attached hydrogen (secondary N) is 2. The first kappa shape index (κ1) is 53.8. The van der Waals surface area contributed by atoms with Crippen molar-refractivity contribution in [1.82, 2.24) is 34.4 Å². The van der Waals surface area contributed by atoms with Gasteiger partial charge in [-0.2, -0.15) is 10.2 Å². The molecule has 3 aliphatic rings. The molecule has 0 aliphatic carbocycles. The fraction of sp³-hybridized carbons (Fsp3) is 0.278. The number of thiocarbonyl (C=S) groups is 3. The molecule has 27 heteroatoms. The maximum atomic E-state index is 13.4. The summed E-state index contributed by atoms with van der Waals surface area (Å²) in [5.74, 6) is -0.812. The van der Waals surface area contributed by atoms with Crippen LogP contribution in [0.15, 0.2) is 86.2 Å². The third-order valence-electron chi connectivity index (χ3n) is 8.48. The Morgan fingerprint density at radius 1 is 0.730 bits per heavy atom. The molecule has 1 aromatic heterocycles. The van der Waals surface area contributed by atoms with E-state index in [2.05, 4.69) is 114 Å². The molecule has 3 fully saturated rings. The van der Waals surface area contributed by atoms with Crippen LogP contribution in [0.3, 0.4) is 0 Å². The van der Waals surface area contributed by atoms with Crippen molar-refractivity contribution < 1.29 is 48.7 Å². The molecule has 0 atom stereocenters. The first-order valence-corrected chi connectivity index (χ1v) is 23.0. The average molecular weight is 1200 g/mol. The number of rotatable bonds is 13. The maximum absolute atomic E-state index is 13.4. The van der Waals surface area contributed by atoms with Crippen molar-refractivity contribution in [3.05, 3.63) is 66.7 Å². The minimum absolute atomic E-state index is 0. The molecule has 4 amide bonds. The van der Waals surface area contributed by atoms with Crippen molar-refractivity contribution >= 4 is 180 Å². The number of sulfonamides is 1. The Bertz CT molecular complexity index is 2330. The van der Waals surface area contributed by atoms with Crippen molar-refractivity contribution in [3.63, 3.8) is 0 Å². The maximum Gasteiger partial charge on any atom is 4.00 e. The Balaban J connectivity index is 0.000000399. The van der Waals surface area contributed by atoms with Crippen molar-refractivity contribution in [2.24, 2.45) is 10.2 Å². The van der Waals surface area contributed by atoms with Crippen molar-refractivity contribution in [2.45, 2.75) is 15.0 Å². The summed E-state index contributed by atoms with van der Waals surface area (Å²) in [4.78, 5) is 56.9. The van der Waals surface area contributed by atoms with Crippen LogP contribution in [-0.2, 0) is 101 Å². The Hall–Kier alpha value is -3.50. The van der Waals surface area contributed by atoms with Crippen LogP contribution >= 0.6 is 48.0 Å². The number of benzene rings is 3. The van der Waals surface area contributed by atoms with E-state index in [-0.39, 0.29) is 44.8 Å². The number of anilines is 2. The molecule has 336 valence electrons. The van der Waals surface area contributed by atoms with E-state index in [1.165, 1.54) is 44.6 Å². The number of nitrogens with zero attached hydrogens (tertiary/aromatic N) is 9. The number of carbonyl (C=O) groups excluding carboxylic acids is 4. The van der Waals surface area contributed by atoms with Crippen LogP contribution in [0, 0.1) is 0 Å². The molecule has 0 bridgehead atoms. The van der Waals surface area contributed by atoms with E-state index in [1.807, 2.05) is 18.2 Å². The second kappa shape index (κ2) is 24.7. The monoisotopic (exact) mass is 1200 g/mol. The third-order valence-corrected chi connectivity index (χ3v) is 12.8. The summed E-state index contributed by atoms with van der Waals surface area (Å²) in [5.41, 5.74) is 3.03. The van der Waals surface area contributed by atoms with E-state index in [0.717, 1.165) is 64.2 Å². The van der Waals surface area contributed by atoms with Crippen LogP contribution in [0.1, 0.15) is 0 Å². The van der Waals surface area contributed by atoms with Gasteiger partial charge in [0.25, 0.3) is 15.9 Å². The van der Waals surface area contributed by atoms with Crippen LogP contribution in [0.4, 0.5) is 22.7 Å². The molecule has 7 rings (SSSR count). The minimum Gasteiger partial charge on any atom is -0.411 e. The number of hydrogen-bond donors (Lipinski definition) is 2. The Morgan fingerprint density at radius 3 is 1.54 bits per heavy atom. The first-order valence-electron chi connectivity index (χ1n) is 17.8. The van der Waals surface area contributed by atoms with E-state index in [0.29, 0.717) is 46.3 Å². The van der Waals surface area contributed by atoms with Crippen molar-refractivity contribution in [1.29, 1.82) is 0 Å². The van der Waals surface area contributed by atoms with Gasteiger partial charge in [0, 0.05) is 71.8 Å². The third kappa shape index (κ3) is 15.9. The quantitative estimate of drug-likeness (QED) is 0.0650. The number of amides is 4. The van der Waals surface area contributed by atoms with Crippen LogP contribution in [0.25, 0.3) is 10.2 Å². The number of fused-ring (bicyclic) bond motifs is 1. The van der Waals surface area contributed by atoms with Gasteiger partial charge >= 0.3 is 21.1 Å². The van der Waals surface area contributed by atoms with Gasteiger partial charge in [-0.3, -0.25) is 43.6 Å². The molecule has 3 aromatic carbocycles. The molecule has 3 aliphatic heterocycles. The van der Waals surface area contributed by atoms with E-state index in [9.17, 15) is 27.6 Å². The topological polar surface area (TPSA) is 183 Å². The molecule has 4 aromatic rings. The Morgan fingerprint density at radius 2 is 1.14 bits per heavy atom.